The predicted octanol–water partition coefficient (Wildman–Crippen LogP) is 1.46. The maximum absolute atomic E-state index is 13.5. The third-order valence-corrected chi connectivity index (χ3v) is 2.49. The van der Waals surface area contributed by atoms with Gasteiger partial charge in [0.1, 0.15) is 5.82 Å². The van der Waals surface area contributed by atoms with Gasteiger partial charge in [-0.2, -0.15) is 0 Å². The lowest BCUT2D eigenvalue weighted by Crippen LogP contribution is -2.29. The molecule has 0 amide bonds. The number of methoxy groups -OCH3 is 1. The van der Waals surface area contributed by atoms with Crippen LogP contribution >= 0.6 is 0 Å². The highest BCUT2D eigenvalue weighted by Crippen LogP contribution is 2.08. The lowest BCUT2D eigenvalue weighted by molar-refractivity contribution is 0.199. The maximum atomic E-state index is 13.5. The van der Waals surface area contributed by atoms with Crippen molar-refractivity contribution >= 4 is 0 Å². The molecule has 0 fully saturated rings. The van der Waals surface area contributed by atoms with Gasteiger partial charge in [0.15, 0.2) is 0 Å². The van der Waals surface area contributed by atoms with Crippen LogP contribution in [0.2, 0.25) is 0 Å². The molecule has 0 aromatic heterocycles. The van der Waals surface area contributed by atoms with Crippen LogP contribution < -0.4 is 10.6 Å². The van der Waals surface area contributed by atoms with Crippen LogP contribution in [0.15, 0.2) is 18.2 Å². The Labute approximate surface area is 102 Å². The van der Waals surface area contributed by atoms with E-state index in [4.69, 9.17) is 4.74 Å². The Kier molecular flexibility index (Phi) is 6.77. The van der Waals surface area contributed by atoms with Crippen molar-refractivity contribution in [3.63, 3.8) is 0 Å². The van der Waals surface area contributed by atoms with E-state index >= 15 is 0 Å². The molecule has 0 unspecified atom stereocenters. The maximum Gasteiger partial charge on any atom is 0.127 e. The topological polar surface area (TPSA) is 33.3 Å². The first-order valence-electron chi connectivity index (χ1n) is 5.89. The van der Waals surface area contributed by atoms with Crippen LogP contribution in [0.5, 0.6) is 0 Å². The van der Waals surface area contributed by atoms with Gasteiger partial charge in [-0.05, 0) is 18.6 Å². The molecule has 1 rings (SSSR count). The molecule has 0 saturated heterocycles. The molecule has 0 aliphatic heterocycles. The van der Waals surface area contributed by atoms with Gasteiger partial charge in [-0.1, -0.05) is 12.1 Å². The Morgan fingerprint density at radius 3 is 2.65 bits per heavy atom. The molecule has 3 nitrogen and oxygen atoms in total. The summed E-state index contributed by atoms with van der Waals surface area (Å²) < 4.78 is 18.4. The zero-order valence-corrected chi connectivity index (χ0v) is 10.6. The van der Waals surface area contributed by atoms with Gasteiger partial charge in [-0.25, -0.2) is 4.39 Å². The van der Waals surface area contributed by atoms with Crippen molar-refractivity contribution in [1.82, 2.24) is 10.6 Å². The summed E-state index contributed by atoms with van der Waals surface area (Å²) in [5.41, 5.74) is 1.67. The van der Waals surface area contributed by atoms with Crippen molar-refractivity contribution in [1.29, 1.82) is 0 Å². The third kappa shape index (κ3) is 5.77. The molecule has 0 bridgehead atoms. The fraction of sp³-hybridized carbons (Fsp3) is 0.538. The number of benzene rings is 1. The van der Waals surface area contributed by atoms with Crippen LogP contribution in [0.1, 0.15) is 11.1 Å². The van der Waals surface area contributed by atoms with Crippen LogP contribution in [0, 0.1) is 12.7 Å². The zero-order chi connectivity index (χ0) is 12.5. The van der Waals surface area contributed by atoms with E-state index in [2.05, 4.69) is 10.6 Å². The summed E-state index contributed by atoms with van der Waals surface area (Å²) >= 11 is 0. The summed E-state index contributed by atoms with van der Waals surface area (Å²) in [7, 11) is 1.68. The van der Waals surface area contributed by atoms with Gasteiger partial charge in [0.2, 0.25) is 0 Å². The molecule has 0 aliphatic carbocycles. The van der Waals surface area contributed by atoms with E-state index in [0.717, 1.165) is 25.2 Å². The number of ether oxygens (including phenoxy) is 1. The van der Waals surface area contributed by atoms with Crippen molar-refractivity contribution in [3.8, 4) is 0 Å². The van der Waals surface area contributed by atoms with Crippen molar-refractivity contribution in [3.05, 3.63) is 35.1 Å². The summed E-state index contributed by atoms with van der Waals surface area (Å²) in [6.45, 7) is 5.69. The van der Waals surface area contributed by atoms with E-state index in [1.54, 1.807) is 13.2 Å². The second kappa shape index (κ2) is 8.17. The van der Waals surface area contributed by atoms with Gasteiger partial charge in [0.05, 0.1) is 6.61 Å². The smallest absolute Gasteiger partial charge is 0.127 e. The molecule has 0 radical (unpaired) electrons. The van der Waals surface area contributed by atoms with Crippen molar-refractivity contribution in [2.75, 3.05) is 33.4 Å². The summed E-state index contributed by atoms with van der Waals surface area (Å²) in [5.74, 6) is -0.134. The first-order valence-corrected chi connectivity index (χ1v) is 5.89. The Balaban J connectivity index is 2.14. The number of hydrogen-bond donors (Lipinski definition) is 2. The van der Waals surface area contributed by atoms with Crippen LogP contribution in [-0.4, -0.2) is 33.4 Å². The van der Waals surface area contributed by atoms with Gasteiger partial charge in [-0.3, -0.25) is 0 Å². The summed E-state index contributed by atoms with van der Waals surface area (Å²) in [5, 5.41) is 6.41. The molecule has 0 aliphatic rings. The van der Waals surface area contributed by atoms with Gasteiger partial charge in [0, 0.05) is 38.9 Å². The van der Waals surface area contributed by atoms with Gasteiger partial charge in [-0.15, -0.1) is 0 Å². The monoisotopic (exact) mass is 240 g/mol. The van der Waals surface area contributed by atoms with E-state index < -0.39 is 0 Å². The molecule has 0 saturated carbocycles. The fourth-order valence-corrected chi connectivity index (χ4v) is 1.49. The Morgan fingerprint density at radius 1 is 1.18 bits per heavy atom. The zero-order valence-electron chi connectivity index (χ0n) is 10.6. The second-order valence-corrected chi connectivity index (χ2v) is 4.01. The number of aryl methyl sites for hydroxylation is 1. The average molecular weight is 240 g/mol. The number of nitrogens with one attached hydrogen (secondary N) is 2. The molecule has 0 atom stereocenters. The lowest BCUT2D eigenvalue weighted by Gasteiger charge is -2.07. The van der Waals surface area contributed by atoms with E-state index in [-0.39, 0.29) is 5.82 Å². The highest BCUT2D eigenvalue weighted by molar-refractivity contribution is 5.23. The minimum atomic E-state index is -0.134. The molecule has 0 heterocycles. The standard InChI is InChI=1S/C13H21FN2O/c1-11-3-4-12(13(14)9-11)10-16-6-5-15-7-8-17-2/h3-4,9,15-16H,5-8,10H2,1-2H3. The third-order valence-electron chi connectivity index (χ3n) is 2.49. The minimum absolute atomic E-state index is 0.134. The van der Waals surface area contributed by atoms with Crippen molar-refractivity contribution in [2.45, 2.75) is 13.5 Å². The molecular weight excluding hydrogens is 219 g/mol. The molecule has 17 heavy (non-hydrogen) atoms. The van der Waals surface area contributed by atoms with E-state index in [1.165, 1.54) is 0 Å². The molecular formula is C13H21FN2O. The first-order chi connectivity index (χ1) is 8.24. The highest BCUT2D eigenvalue weighted by atomic mass is 19.1. The van der Waals surface area contributed by atoms with E-state index in [9.17, 15) is 4.39 Å². The van der Waals surface area contributed by atoms with Gasteiger partial charge < -0.3 is 15.4 Å². The second-order valence-electron chi connectivity index (χ2n) is 4.01. The van der Waals surface area contributed by atoms with Crippen LogP contribution in [0.3, 0.4) is 0 Å². The van der Waals surface area contributed by atoms with Gasteiger partial charge >= 0.3 is 0 Å². The Morgan fingerprint density at radius 2 is 1.94 bits per heavy atom. The minimum Gasteiger partial charge on any atom is -0.383 e. The average Bonchev–Trinajstić information content (AvgIpc) is 2.30. The largest absolute Gasteiger partial charge is 0.383 e. The number of hydrogen-bond acceptors (Lipinski definition) is 3. The van der Waals surface area contributed by atoms with Gasteiger partial charge in [0.25, 0.3) is 0 Å². The van der Waals surface area contributed by atoms with Crippen LogP contribution in [0.4, 0.5) is 4.39 Å². The Hall–Kier alpha value is -0.970. The highest BCUT2D eigenvalue weighted by Gasteiger charge is 2.00. The summed E-state index contributed by atoms with van der Waals surface area (Å²) in [4.78, 5) is 0. The molecule has 0 spiro atoms. The summed E-state index contributed by atoms with van der Waals surface area (Å²) in [6, 6.07) is 5.32. The first kappa shape index (κ1) is 14.1. The van der Waals surface area contributed by atoms with Crippen LogP contribution in [0.25, 0.3) is 0 Å². The Bertz CT molecular complexity index is 331. The fourth-order valence-electron chi connectivity index (χ4n) is 1.49. The predicted molar refractivity (Wildman–Crippen MR) is 67.6 cm³/mol. The van der Waals surface area contributed by atoms with E-state index in [0.29, 0.717) is 18.7 Å². The molecule has 96 valence electrons. The normalized spacial score (nSPS) is 10.8. The van der Waals surface area contributed by atoms with Crippen molar-refractivity contribution in [2.24, 2.45) is 0 Å². The summed E-state index contributed by atoms with van der Waals surface area (Å²) in [6.07, 6.45) is 0. The lowest BCUT2D eigenvalue weighted by atomic mass is 10.1. The molecule has 1 aromatic carbocycles. The van der Waals surface area contributed by atoms with E-state index in [1.807, 2.05) is 19.1 Å². The van der Waals surface area contributed by atoms with Crippen molar-refractivity contribution < 1.29 is 9.13 Å². The number of halogens is 1. The SMILES string of the molecule is COCCNCCNCc1ccc(C)cc1F. The molecule has 4 heteroatoms. The quantitative estimate of drug-likeness (QED) is 0.675. The molecule has 1 aromatic rings. The van der Waals surface area contributed by atoms with Crippen LogP contribution in [-0.2, 0) is 11.3 Å². The molecule has 2 N–H and O–H groups in total. The number of rotatable bonds is 8.